The minimum Gasteiger partial charge on any atom is -0.308 e. The molecule has 0 aromatic heterocycles. The van der Waals surface area contributed by atoms with Crippen molar-refractivity contribution in [1.29, 1.82) is 0 Å². The lowest BCUT2D eigenvalue weighted by molar-refractivity contribution is 0.211. The molecule has 20 heavy (non-hydrogen) atoms. The van der Waals surface area contributed by atoms with Crippen LogP contribution in [0, 0.1) is 5.92 Å². The summed E-state index contributed by atoms with van der Waals surface area (Å²) in [5.74, 6) is 1.28. The lowest BCUT2D eigenvalue weighted by atomic mass is 10.00. The van der Waals surface area contributed by atoms with Crippen LogP contribution in [0.4, 0.5) is 0 Å². The van der Waals surface area contributed by atoms with Gasteiger partial charge in [-0.2, -0.15) is 0 Å². The molecule has 1 unspecified atom stereocenters. The Hall–Kier alpha value is -0.380. The molecule has 0 saturated carbocycles. The molecule has 0 radical (unpaired) electrons. The average molecular weight is 341 g/mol. The summed E-state index contributed by atoms with van der Waals surface area (Å²) in [6, 6.07) is 10.8. The molecule has 0 aliphatic heterocycles. The minimum absolute atomic E-state index is 0.567. The van der Waals surface area contributed by atoms with Gasteiger partial charge in [0.05, 0.1) is 0 Å². The molecule has 1 atom stereocenters. The first-order valence-corrected chi connectivity index (χ1v) is 8.63. The monoisotopic (exact) mass is 340 g/mol. The normalized spacial score (nSPS) is 13.4. The van der Waals surface area contributed by atoms with E-state index in [4.69, 9.17) is 0 Å². The Balaban J connectivity index is 2.65. The van der Waals surface area contributed by atoms with Gasteiger partial charge in [-0.15, -0.1) is 0 Å². The lowest BCUT2D eigenvalue weighted by Crippen LogP contribution is -2.37. The predicted octanol–water partition coefficient (Wildman–Crippen LogP) is 3.68. The lowest BCUT2D eigenvalue weighted by Gasteiger charge is -2.29. The molecule has 0 N–H and O–H groups in total. The Morgan fingerprint density at radius 1 is 1.00 bits per heavy atom. The van der Waals surface area contributed by atoms with E-state index in [0.29, 0.717) is 11.8 Å². The molecule has 0 aliphatic rings. The maximum Gasteiger partial charge on any atom is 0.0112 e. The first-order valence-electron chi connectivity index (χ1n) is 7.51. The van der Waals surface area contributed by atoms with Gasteiger partial charge in [-0.3, -0.25) is 0 Å². The number of hydrogen-bond donors (Lipinski definition) is 0. The van der Waals surface area contributed by atoms with Crippen LogP contribution in [0.3, 0.4) is 0 Å². The Morgan fingerprint density at radius 2 is 1.65 bits per heavy atom. The number of likely N-dealkylation sites (N-methyl/N-ethyl adjacent to an activating group) is 1. The van der Waals surface area contributed by atoms with Crippen LogP contribution in [0.15, 0.2) is 30.3 Å². The van der Waals surface area contributed by atoms with Crippen LogP contribution in [-0.4, -0.2) is 55.4 Å². The van der Waals surface area contributed by atoms with Gasteiger partial charge in [-0.05, 0) is 25.6 Å². The van der Waals surface area contributed by atoms with Crippen molar-refractivity contribution < 1.29 is 0 Å². The first kappa shape index (κ1) is 17.7. The molecule has 0 heterocycles. The molecule has 1 aromatic rings. The molecule has 3 heteroatoms. The highest BCUT2D eigenvalue weighted by Crippen LogP contribution is 2.20. The highest BCUT2D eigenvalue weighted by atomic mass is 79.9. The Labute approximate surface area is 133 Å². The second-order valence-electron chi connectivity index (χ2n) is 6.22. The van der Waals surface area contributed by atoms with Crippen LogP contribution >= 0.6 is 15.9 Å². The van der Waals surface area contributed by atoms with E-state index < -0.39 is 0 Å². The van der Waals surface area contributed by atoms with Crippen molar-refractivity contribution in [3.05, 3.63) is 35.9 Å². The van der Waals surface area contributed by atoms with Gasteiger partial charge in [0.2, 0.25) is 0 Å². The van der Waals surface area contributed by atoms with Gasteiger partial charge in [-0.25, -0.2) is 0 Å². The molecule has 0 spiro atoms. The molecule has 0 aliphatic carbocycles. The highest BCUT2D eigenvalue weighted by molar-refractivity contribution is 9.09. The summed E-state index contributed by atoms with van der Waals surface area (Å²) in [6.07, 6.45) is 0. The number of halogens is 1. The number of alkyl halides is 1. The molecule has 0 amide bonds. The van der Waals surface area contributed by atoms with E-state index in [0.717, 1.165) is 25.0 Å². The molecule has 0 bridgehead atoms. The van der Waals surface area contributed by atoms with Crippen molar-refractivity contribution in [3.8, 4) is 0 Å². The molecule has 1 rings (SSSR count). The molecular weight excluding hydrogens is 312 g/mol. The standard InChI is InChI=1S/C17H29BrN2/c1-15(2)13-20(11-10-19(3)4)14-17(12-18)16-8-6-5-7-9-16/h5-9,15,17H,10-14H2,1-4H3. The highest BCUT2D eigenvalue weighted by Gasteiger charge is 2.16. The quantitative estimate of drug-likeness (QED) is 0.632. The average Bonchev–Trinajstić information content (AvgIpc) is 2.42. The fourth-order valence-electron chi connectivity index (χ4n) is 2.40. The van der Waals surface area contributed by atoms with Crippen molar-refractivity contribution in [2.24, 2.45) is 5.92 Å². The molecule has 1 aromatic carbocycles. The van der Waals surface area contributed by atoms with Crippen LogP contribution in [0.1, 0.15) is 25.3 Å². The van der Waals surface area contributed by atoms with Gasteiger partial charge >= 0.3 is 0 Å². The van der Waals surface area contributed by atoms with Crippen LogP contribution in [0.2, 0.25) is 0 Å². The maximum atomic E-state index is 3.69. The smallest absolute Gasteiger partial charge is 0.0112 e. The van der Waals surface area contributed by atoms with Crippen LogP contribution < -0.4 is 0 Å². The van der Waals surface area contributed by atoms with Crippen LogP contribution in [0.5, 0.6) is 0 Å². The number of hydrogen-bond acceptors (Lipinski definition) is 2. The third-order valence-electron chi connectivity index (χ3n) is 3.42. The zero-order valence-corrected chi connectivity index (χ0v) is 14.9. The Kier molecular flexibility index (Phi) is 8.43. The molecule has 114 valence electrons. The summed E-state index contributed by atoms with van der Waals surface area (Å²) in [7, 11) is 4.29. The van der Waals surface area contributed by atoms with E-state index in [-0.39, 0.29) is 0 Å². The first-order chi connectivity index (χ1) is 9.52. The maximum absolute atomic E-state index is 3.69. The van der Waals surface area contributed by atoms with Gasteiger partial charge in [-0.1, -0.05) is 60.1 Å². The van der Waals surface area contributed by atoms with E-state index in [2.05, 4.69) is 84.0 Å². The van der Waals surface area contributed by atoms with Crippen molar-refractivity contribution in [1.82, 2.24) is 9.80 Å². The summed E-state index contributed by atoms with van der Waals surface area (Å²) < 4.78 is 0. The summed E-state index contributed by atoms with van der Waals surface area (Å²) >= 11 is 3.69. The third kappa shape index (κ3) is 6.87. The molecule has 0 saturated heterocycles. The number of rotatable bonds is 9. The largest absolute Gasteiger partial charge is 0.308 e. The number of nitrogens with zero attached hydrogens (tertiary/aromatic N) is 2. The van der Waals surface area contributed by atoms with Crippen LogP contribution in [0.25, 0.3) is 0 Å². The summed E-state index contributed by atoms with van der Waals surface area (Å²) in [6.45, 7) is 9.16. The van der Waals surface area contributed by atoms with Crippen molar-refractivity contribution in [2.45, 2.75) is 19.8 Å². The van der Waals surface area contributed by atoms with Crippen molar-refractivity contribution >= 4 is 15.9 Å². The zero-order chi connectivity index (χ0) is 15.0. The van der Waals surface area contributed by atoms with Crippen molar-refractivity contribution in [2.75, 3.05) is 45.6 Å². The van der Waals surface area contributed by atoms with Gasteiger partial charge in [0, 0.05) is 37.4 Å². The fraction of sp³-hybridized carbons (Fsp3) is 0.647. The van der Waals surface area contributed by atoms with E-state index in [1.807, 2.05) is 0 Å². The van der Waals surface area contributed by atoms with E-state index in [9.17, 15) is 0 Å². The van der Waals surface area contributed by atoms with Gasteiger partial charge in [0.25, 0.3) is 0 Å². The zero-order valence-electron chi connectivity index (χ0n) is 13.3. The summed E-state index contributed by atoms with van der Waals surface area (Å²) in [5, 5.41) is 1.02. The Morgan fingerprint density at radius 3 is 2.15 bits per heavy atom. The topological polar surface area (TPSA) is 6.48 Å². The minimum atomic E-state index is 0.567. The summed E-state index contributed by atoms with van der Waals surface area (Å²) in [5.41, 5.74) is 1.43. The van der Waals surface area contributed by atoms with Crippen molar-refractivity contribution in [3.63, 3.8) is 0 Å². The van der Waals surface area contributed by atoms with Gasteiger partial charge in [0.1, 0.15) is 0 Å². The van der Waals surface area contributed by atoms with Crippen LogP contribution in [-0.2, 0) is 0 Å². The van der Waals surface area contributed by atoms with E-state index >= 15 is 0 Å². The molecule has 0 fully saturated rings. The molecule has 2 nitrogen and oxygen atoms in total. The SMILES string of the molecule is CC(C)CN(CCN(C)C)CC(CBr)c1ccccc1. The number of benzene rings is 1. The van der Waals surface area contributed by atoms with Gasteiger partial charge < -0.3 is 9.80 Å². The van der Waals surface area contributed by atoms with E-state index in [1.54, 1.807) is 0 Å². The second kappa shape index (κ2) is 9.54. The fourth-order valence-corrected chi connectivity index (χ4v) is 2.97. The third-order valence-corrected chi connectivity index (χ3v) is 4.20. The second-order valence-corrected chi connectivity index (χ2v) is 6.87. The Bertz CT molecular complexity index is 351. The predicted molar refractivity (Wildman–Crippen MR) is 92.8 cm³/mol. The van der Waals surface area contributed by atoms with E-state index in [1.165, 1.54) is 12.1 Å². The molecular formula is C17H29BrN2. The summed E-state index contributed by atoms with van der Waals surface area (Å²) in [4.78, 5) is 4.86. The van der Waals surface area contributed by atoms with Gasteiger partial charge in [0.15, 0.2) is 0 Å².